The van der Waals surface area contributed by atoms with Gasteiger partial charge >= 0.3 is 12.1 Å². The highest BCUT2D eigenvalue weighted by atomic mass is 32.1. The summed E-state index contributed by atoms with van der Waals surface area (Å²) in [4.78, 5) is 24.1. The lowest BCUT2D eigenvalue weighted by molar-refractivity contribution is 0.0521. The molecule has 1 aliphatic rings. The number of methoxy groups -OCH3 is 1. The Balaban J connectivity index is 1.87. The van der Waals surface area contributed by atoms with Crippen molar-refractivity contribution in [2.75, 3.05) is 7.11 Å². The van der Waals surface area contributed by atoms with E-state index in [-0.39, 0.29) is 17.9 Å². The molecule has 20 heavy (non-hydrogen) atoms. The van der Waals surface area contributed by atoms with E-state index in [0.29, 0.717) is 5.56 Å². The van der Waals surface area contributed by atoms with Crippen LogP contribution in [0.15, 0.2) is 11.4 Å². The molecule has 1 aliphatic carbocycles. The van der Waals surface area contributed by atoms with Crippen LogP contribution in [0.3, 0.4) is 0 Å². The number of thiophene rings is 1. The maximum Gasteiger partial charge on any atom is 0.407 e. The zero-order valence-electron chi connectivity index (χ0n) is 12.1. The molecule has 6 heteroatoms. The van der Waals surface area contributed by atoms with Crippen LogP contribution in [-0.4, -0.2) is 30.8 Å². The molecule has 2 rings (SSSR count). The molecule has 1 N–H and O–H groups in total. The standard InChI is InChI=1S/C14H19NO4S/c1-14(2,3)19-13(17)15-10-6-9(10)11-5-8(7-20-11)12(16)18-4/h5,7,9-10H,6H2,1-4H3,(H,15,17)/t9-,10-/m0/s1. The Bertz CT molecular complexity index is 517. The van der Waals surface area contributed by atoms with Gasteiger partial charge in [-0.2, -0.15) is 0 Å². The topological polar surface area (TPSA) is 64.6 Å². The quantitative estimate of drug-likeness (QED) is 0.871. The van der Waals surface area contributed by atoms with E-state index in [2.05, 4.69) is 10.1 Å². The average Bonchev–Trinajstić information content (AvgIpc) is 2.90. The zero-order valence-corrected chi connectivity index (χ0v) is 12.9. The highest BCUT2D eigenvalue weighted by Gasteiger charge is 2.41. The van der Waals surface area contributed by atoms with Gasteiger partial charge in [-0.15, -0.1) is 11.3 Å². The highest BCUT2D eigenvalue weighted by Crippen LogP contribution is 2.43. The number of rotatable bonds is 3. The molecule has 1 aromatic rings. The third-order valence-electron chi connectivity index (χ3n) is 2.90. The molecule has 0 radical (unpaired) electrons. The van der Waals surface area contributed by atoms with E-state index in [1.165, 1.54) is 18.4 Å². The van der Waals surface area contributed by atoms with Crippen molar-refractivity contribution in [3.8, 4) is 0 Å². The van der Waals surface area contributed by atoms with Crippen LogP contribution in [-0.2, 0) is 9.47 Å². The molecule has 110 valence electrons. The fourth-order valence-electron chi connectivity index (χ4n) is 1.90. The van der Waals surface area contributed by atoms with Gasteiger partial charge in [0, 0.05) is 22.2 Å². The van der Waals surface area contributed by atoms with Crippen LogP contribution < -0.4 is 5.32 Å². The summed E-state index contributed by atoms with van der Waals surface area (Å²) in [5.74, 6) is -0.0595. The van der Waals surface area contributed by atoms with Crippen LogP contribution in [0, 0.1) is 0 Å². The summed E-state index contributed by atoms with van der Waals surface area (Å²) < 4.78 is 9.89. The van der Waals surface area contributed by atoms with E-state index in [0.717, 1.165) is 11.3 Å². The lowest BCUT2D eigenvalue weighted by atomic mass is 10.2. The Kier molecular flexibility index (Phi) is 4.04. The summed E-state index contributed by atoms with van der Waals surface area (Å²) in [5, 5.41) is 4.62. The second-order valence-corrected chi connectivity index (χ2v) is 6.77. The molecule has 2 atom stereocenters. The van der Waals surface area contributed by atoms with Crippen LogP contribution in [0.5, 0.6) is 0 Å². The van der Waals surface area contributed by atoms with Gasteiger partial charge in [-0.1, -0.05) is 0 Å². The van der Waals surface area contributed by atoms with Gasteiger partial charge in [-0.3, -0.25) is 0 Å². The first-order chi connectivity index (χ1) is 9.30. The van der Waals surface area contributed by atoms with Crippen molar-refractivity contribution in [2.24, 2.45) is 0 Å². The van der Waals surface area contributed by atoms with Crippen LogP contribution in [0.4, 0.5) is 4.79 Å². The van der Waals surface area contributed by atoms with Gasteiger partial charge in [0.15, 0.2) is 0 Å². The number of ether oxygens (including phenoxy) is 2. The van der Waals surface area contributed by atoms with Crippen LogP contribution in [0.2, 0.25) is 0 Å². The molecule has 1 heterocycles. The third-order valence-corrected chi connectivity index (χ3v) is 3.96. The van der Waals surface area contributed by atoms with Crippen molar-refractivity contribution in [1.29, 1.82) is 0 Å². The number of carbonyl (C=O) groups excluding carboxylic acids is 2. The average molecular weight is 297 g/mol. The number of nitrogens with one attached hydrogen (secondary N) is 1. The summed E-state index contributed by atoms with van der Waals surface area (Å²) in [6.45, 7) is 5.50. The Morgan fingerprint density at radius 1 is 1.40 bits per heavy atom. The molecule has 0 spiro atoms. The van der Waals surface area contributed by atoms with E-state index in [1.54, 1.807) is 5.38 Å². The largest absolute Gasteiger partial charge is 0.465 e. The van der Waals surface area contributed by atoms with E-state index >= 15 is 0 Å². The predicted molar refractivity (Wildman–Crippen MR) is 76.2 cm³/mol. The summed E-state index contributed by atoms with van der Waals surface area (Å²) in [5.41, 5.74) is 0.0746. The van der Waals surface area contributed by atoms with E-state index in [4.69, 9.17) is 4.74 Å². The Morgan fingerprint density at radius 2 is 2.10 bits per heavy atom. The molecular formula is C14H19NO4S. The predicted octanol–water partition coefficient (Wildman–Crippen LogP) is 2.92. The normalized spacial score (nSPS) is 21.2. The summed E-state index contributed by atoms with van der Waals surface area (Å²) in [6, 6.07) is 1.92. The van der Waals surface area contributed by atoms with Gasteiger partial charge in [0.05, 0.1) is 12.7 Å². The summed E-state index contributed by atoms with van der Waals surface area (Å²) in [7, 11) is 1.36. The van der Waals surface area contributed by atoms with Gasteiger partial charge in [-0.25, -0.2) is 9.59 Å². The van der Waals surface area contributed by atoms with Gasteiger partial charge < -0.3 is 14.8 Å². The molecule has 0 bridgehead atoms. The maximum atomic E-state index is 11.6. The minimum Gasteiger partial charge on any atom is -0.465 e. The van der Waals surface area contributed by atoms with E-state index < -0.39 is 11.7 Å². The Labute approximate surface area is 122 Å². The molecule has 1 amide bonds. The summed E-state index contributed by atoms with van der Waals surface area (Å²) in [6.07, 6.45) is 0.482. The second kappa shape index (κ2) is 5.44. The van der Waals surface area contributed by atoms with Gasteiger partial charge in [0.2, 0.25) is 0 Å². The Hall–Kier alpha value is -1.56. The van der Waals surface area contributed by atoms with Crippen molar-refractivity contribution in [3.05, 3.63) is 21.9 Å². The first-order valence-corrected chi connectivity index (χ1v) is 7.34. The number of hydrogen-bond donors (Lipinski definition) is 1. The lowest BCUT2D eigenvalue weighted by Crippen LogP contribution is -2.34. The molecule has 1 aromatic heterocycles. The minimum atomic E-state index is -0.491. The van der Waals surface area contributed by atoms with Crippen molar-refractivity contribution >= 4 is 23.4 Å². The number of carbonyl (C=O) groups is 2. The molecule has 0 aromatic carbocycles. The number of alkyl carbamates (subject to hydrolysis) is 1. The molecular weight excluding hydrogens is 278 g/mol. The smallest absolute Gasteiger partial charge is 0.407 e. The molecule has 1 saturated carbocycles. The minimum absolute atomic E-state index is 0.0917. The van der Waals surface area contributed by atoms with Crippen LogP contribution >= 0.6 is 11.3 Å². The van der Waals surface area contributed by atoms with Crippen LogP contribution in [0.25, 0.3) is 0 Å². The highest BCUT2D eigenvalue weighted by molar-refractivity contribution is 7.10. The monoisotopic (exact) mass is 297 g/mol. The van der Waals surface area contributed by atoms with E-state index in [1.807, 2.05) is 26.8 Å². The van der Waals surface area contributed by atoms with Gasteiger partial charge in [0.25, 0.3) is 0 Å². The lowest BCUT2D eigenvalue weighted by Gasteiger charge is -2.19. The number of esters is 1. The molecule has 0 unspecified atom stereocenters. The van der Waals surface area contributed by atoms with Crippen LogP contribution in [0.1, 0.15) is 48.3 Å². The fraction of sp³-hybridized carbons (Fsp3) is 0.571. The third kappa shape index (κ3) is 3.72. The number of hydrogen-bond acceptors (Lipinski definition) is 5. The Morgan fingerprint density at radius 3 is 2.70 bits per heavy atom. The van der Waals surface area contributed by atoms with Crippen molar-refractivity contribution < 1.29 is 19.1 Å². The van der Waals surface area contributed by atoms with Gasteiger partial charge in [0.1, 0.15) is 5.60 Å². The molecule has 1 fully saturated rings. The SMILES string of the molecule is COC(=O)c1csc([C@H]2C[C@@H]2NC(=O)OC(C)(C)C)c1. The van der Waals surface area contributed by atoms with Crippen molar-refractivity contribution in [1.82, 2.24) is 5.32 Å². The molecule has 0 aliphatic heterocycles. The molecule has 0 saturated heterocycles. The first kappa shape index (κ1) is 14.8. The zero-order chi connectivity index (χ0) is 14.9. The first-order valence-electron chi connectivity index (χ1n) is 6.46. The number of amides is 1. The maximum absolute atomic E-state index is 11.6. The van der Waals surface area contributed by atoms with E-state index in [9.17, 15) is 9.59 Å². The van der Waals surface area contributed by atoms with Gasteiger partial charge in [-0.05, 0) is 33.3 Å². The summed E-state index contributed by atoms with van der Waals surface area (Å²) >= 11 is 1.51. The van der Waals surface area contributed by atoms with Crippen molar-refractivity contribution in [2.45, 2.75) is 44.8 Å². The fourth-order valence-corrected chi connectivity index (χ4v) is 2.96. The second-order valence-electron chi connectivity index (χ2n) is 5.82. The molecule has 5 nitrogen and oxygen atoms in total. The van der Waals surface area contributed by atoms with Crippen molar-refractivity contribution in [3.63, 3.8) is 0 Å².